The Kier molecular flexibility index (Phi) is 2.97. The topological polar surface area (TPSA) is 36.7 Å². The predicted octanol–water partition coefficient (Wildman–Crippen LogP) is 2.79. The molecule has 2 aromatic carbocycles. The minimum atomic E-state index is 0.958. The molecule has 24 heavy (non-hydrogen) atoms. The molecule has 0 unspecified atom stereocenters. The van der Waals surface area contributed by atoms with Gasteiger partial charge in [0.25, 0.3) is 0 Å². The summed E-state index contributed by atoms with van der Waals surface area (Å²) in [5, 5.41) is 0. The number of aromatic nitrogens is 3. The molecule has 0 radical (unpaired) electrons. The highest BCUT2D eigenvalue weighted by molar-refractivity contribution is 5.92. The summed E-state index contributed by atoms with van der Waals surface area (Å²) in [6, 6.07) is 16.6. The molecule has 5 heteroatoms. The Hall–Kier alpha value is -2.66. The molecule has 120 valence electrons. The quantitative estimate of drug-likeness (QED) is 0.541. The third kappa shape index (κ3) is 1.98. The molecule has 0 spiro atoms. The number of imidazole rings is 1. The number of rotatable bonds is 1. The molecule has 4 aromatic rings. The van der Waals surface area contributed by atoms with Gasteiger partial charge in [0.05, 0.1) is 22.1 Å². The van der Waals surface area contributed by atoms with Crippen LogP contribution in [0.2, 0.25) is 0 Å². The Morgan fingerprint density at radius 2 is 1.33 bits per heavy atom. The second kappa shape index (κ2) is 5.18. The second-order valence-electron chi connectivity index (χ2n) is 6.47. The van der Waals surface area contributed by atoms with Crippen molar-refractivity contribution in [2.45, 2.75) is 0 Å². The van der Waals surface area contributed by atoms with E-state index in [1.54, 1.807) is 0 Å². The SMILES string of the molecule is CN1CCN(c2nc3ccccc3n3c2nc2ccccc23)CC1. The largest absolute Gasteiger partial charge is 0.351 e. The van der Waals surface area contributed by atoms with Crippen LogP contribution in [-0.2, 0) is 0 Å². The zero-order chi connectivity index (χ0) is 16.1. The van der Waals surface area contributed by atoms with E-state index in [0.717, 1.165) is 59.7 Å². The lowest BCUT2D eigenvalue weighted by Gasteiger charge is -2.33. The maximum absolute atomic E-state index is 4.97. The van der Waals surface area contributed by atoms with Crippen LogP contribution < -0.4 is 4.90 Å². The van der Waals surface area contributed by atoms with Crippen molar-refractivity contribution in [3.05, 3.63) is 48.5 Å². The number of anilines is 1. The summed E-state index contributed by atoms with van der Waals surface area (Å²) in [5.74, 6) is 0.998. The molecule has 0 saturated carbocycles. The number of hydrogen-bond donors (Lipinski definition) is 0. The number of benzene rings is 2. The smallest absolute Gasteiger partial charge is 0.181 e. The van der Waals surface area contributed by atoms with E-state index in [4.69, 9.17) is 9.97 Å². The minimum absolute atomic E-state index is 0.958. The number of likely N-dealkylation sites (N-methyl/N-ethyl adjacent to an activating group) is 1. The molecule has 0 N–H and O–H groups in total. The van der Waals surface area contributed by atoms with Crippen molar-refractivity contribution in [3.8, 4) is 0 Å². The normalized spacial score (nSPS) is 16.5. The highest BCUT2D eigenvalue weighted by atomic mass is 15.3. The summed E-state index contributed by atoms with van der Waals surface area (Å²) >= 11 is 0. The average molecular weight is 317 g/mol. The Morgan fingerprint density at radius 3 is 2.00 bits per heavy atom. The molecule has 1 aliphatic rings. The Balaban J connectivity index is 1.85. The molecule has 5 rings (SSSR count). The number of nitrogens with zero attached hydrogens (tertiary/aromatic N) is 5. The summed E-state index contributed by atoms with van der Waals surface area (Å²) in [4.78, 5) is 14.6. The molecule has 0 amide bonds. The van der Waals surface area contributed by atoms with Gasteiger partial charge >= 0.3 is 0 Å². The van der Waals surface area contributed by atoms with Crippen LogP contribution in [0.4, 0.5) is 5.82 Å². The number of hydrogen-bond acceptors (Lipinski definition) is 4. The number of fused-ring (bicyclic) bond motifs is 5. The summed E-state index contributed by atoms with van der Waals surface area (Å²) < 4.78 is 2.26. The van der Waals surface area contributed by atoms with E-state index in [1.165, 1.54) is 0 Å². The third-order valence-corrected chi connectivity index (χ3v) is 4.91. The average Bonchev–Trinajstić information content (AvgIpc) is 3.02. The monoisotopic (exact) mass is 317 g/mol. The zero-order valence-electron chi connectivity index (χ0n) is 13.7. The van der Waals surface area contributed by atoms with E-state index in [0.29, 0.717) is 0 Å². The third-order valence-electron chi connectivity index (χ3n) is 4.91. The Morgan fingerprint density at radius 1 is 0.750 bits per heavy atom. The maximum Gasteiger partial charge on any atom is 0.181 e. The van der Waals surface area contributed by atoms with E-state index in [-0.39, 0.29) is 0 Å². The summed E-state index contributed by atoms with van der Waals surface area (Å²) in [6.45, 7) is 4.09. The fraction of sp³-hybridized carbons (Fsp3) is 0.263. The first-order valence-electron chi connectivity index (χ1n) is 8.41. The van der Waals surface area contributed by atoms with Crippen LogP contribution in [0.25, 0.3) is 27.7 Å². The van der Waals surface area contributed by atoms with Crippen LogP contribution in [0.1, 0.15) is 0 Å². The van der Waals surface area contributed by atoms with Crippen LogP contribution in [0, 0.1) is 0 Å². The van der Waals surface area contributed by atoms with Crippen LogP contribution >= 0.6 is 0 Å². The zero-order valence-corrected chi connectivity index (χ0v) is 13.7. The molecule has 3 heterocycles. The van der Waals surface area contributed by atoms with Crippen molar-refractivity contribution < 1.29 is 0 Å². The summed E-state index contributed by atoms with van der Waals surface area (Å²) in [5.41, 5.74) is 5.24. The molecule has 5 nitrogen and oxygen atoms in total. The van der Waals surface area contributed by atoms with Gasteiger partial charge in [0, 0.05) is 26.2 Å². The fourth-order valence-electron chi connectivity index (χ4n) is 3.56. The standard InChI is InChI=1S/C19H19N5/c1-22-10-12-23(13-11-22)18-19-21-15-7-3-5-9-17(15)24(19)16-8-4-2-6-14(16)20-18/h2-9H,10-13H2,1H3. The predicted molar refractivity (Wildman–Crippen MR) is 97.7 cm³/mol. The summed E-state index contributed by atoms with van der Waals surface area (Å²) in [7, 11) is 2.17. The van der Waals surface area contributed by atoms with Gasteiger partial charge < -0.3 is 9.80 Å². The van der Waals surface area contributed by atoms with Gasteiger partial charge in [-0.25, -0.2) is 9.97 Å². The fourth-order valence-corrected chi connectivity index (χ4v) is 3.56. The van der Waals surface area contributed by atoms with Crippen molar-refractivity contribution in [2.75, 3.05) is 38.1 Å². The van der Waals surface area contributed by atoms with E-state index < -0.39 is 0 Å². The van der Waals surface area contributed by atoms with Crippen molar-refractivity contribution in [3.63, 3.8) is 0 Å². The molecule has 0 atom stereocenters. The van der Waals surface area contributed by atoms with Crippen LogP contribution in [0.3, 0.4) is 0 Å². The van der Waals surface area contributed by atoms with Gasteiger partial charge in [-0.2, -0.15) is 0 Å². The maximum atomic E-state index is 4.97. The van der Waals surface area contributed by atoms with Crippen LogP contribution in [-0.4, -0.2) is 52.5 Å². The molecule has 0 bridgehead atoms. The molecule has 0 aliphatic carbocycles. The van der Waals surface area contributed by atoms with Crippen molar-refractivity contribution in [2.24, 2.45) is 0 Å². The molecular weight excluding hydrogens is 298 g/mol. The van der Waals surface area contributed by atoms with Gasteiger partial charge in [0.2, 0.25) is 0 Å². The van der Waals surface area contributed by atoms with E-state index in [2.05, 4.69) is 57.6 Å². The van der Waals surface area contributed by atoms with Crippen molar-refractivity contribution in [1.82, 2.24) is 19.3 Å². The highest BCUT2D eigenvalue weighted by Gasteiger charge is 2.21. The lowest BCUT2D eigenvalue weighted by molar-refractivity contribution is 0.312. The first-order valence-corrected chi connectivity index (χ1v) is 8.41. The van der Waals surface area contributed by atoms with Gasteiger partial charge in [0.1, 0.15) is 0 Å². The van der Waals surface area contributed by atoms with Gasteiger partial charge in [-0.3, -0.25) is 4.40 Å². The first-order chi connectivity index (χ1) is 11.8. The van der Waals surface area contributed by atoms with E-state index >= 15 is 0 Å². The van der Waals surface area contributed by atoms with Crippen molar-refractivity contribution in [1.29, 1.82) is 0 Å². The van der Waals surface area contributed by atoms with Gasteiger partial charge in [-0.1, -0.05) is 24.3 Å². The van der Waals surface area contributed by atoms with Crippen molar-refractivity contribution >= 4 is 33.5 Å². The first kappa shape index (κ1) is 13.7. The second-order valence-corrected chi connectivity index (χ2v) is 6.47. The van der Waals surface area contributed by atoms with E-state index in [1.807, 2.05) is 12.1 Å². The lowest BCUT2D eigenvalue weighted by Crippen LogP contribution is -2.45. The minimum Gasteiger partial charge on any atom is -0.351 e. The number of piperazine rings is 1. The van der Waals surface area contributed by atoms with Gasteiger partial charge in [0.15, 0.2) is 11.5 Å². The highest BCUT2D eigenvalue weighted by Crippen LogP contribution is 2.29. The number of para-hydroxylation sites is 4. The van der Waals surface area contributed by atoms with Gasteiger partial charge in [-0.15, -0.1) is 0 Å². The lowest BCUT2D eigenvalue weighted by atomic mass is 10.2. The summed E-state index contributed by atoms with van der Waals surface area (Å²) in [6.07, 6.45) is 0. The molecule has 1 fully saturated rings. The van der Waals surface area contributed by atoms with Crippen LogP contribution in [0.15, 0.2) is 48.5 Å². The molecule has 1 saturated heterocycles. The van der Waals surface area contributed by atoms with E-state index in [9.17, 15) is 0 Å². The molecule has 1 aliphatic heterocycles. The Labute approximate surface area is 140 Å². The van der Waals surface area contributed by atoms with Crippen LogP contribution in [0.5, 0.6) is 0 Å². The Bertz CT molecular complexity index is 1040. The molecular formula is C19H19N5. The van der Waals surface area contributed by atoms with Gasteiger partial charge in [-0.05, 0) is 31.3 Å². The molecule has 2 aromatic heterocycles.